The molecule has 0 aliphatic carbocycles. The van der Waals surface area contributed by atoms with Crippen LogP contribution in [0.4, 0.5) is 13.2 Å². The van der Waals surface area contributed by atoms with Crippen LogP contribution in [-0.4, -0.2) is 23.2 Å². The average Bonchev–Trinajstić information content (AvgIpc) is 2.01. The molecule has 0 spiro atoms. The van der Waals surface area contributed by atoms with Gasteiger partial charge in [-0.05, 0) is 19.1 Å². The summed E-state index contributed by atoms with van der Waals surface area (Å²) in [6.07, 6.45) is -1.34. The van der Waals surface area contributed by atoms with Gasteiger partial charge in [0.1, 0.15) is 5.25 Å². The van der Waals surface area contributed by atoms with E-state index in [1.807, 2.05) is 6.92 Å². The van der Waals surface area contributed by atoms with Crippen LogP contribution in [0.3, 0.4) is 0 Å². The van der Waals surface area contributed by atoms with E-state index < -0.39 is 17.5 Å². The topological polar surface area (TPSA) is 26.0 Å². The molecule has 14 heavy (non-hydrogen) atoms. The van der Waals surface area contributed by atoms with Crippen LogP contribution in [0.5, 0.6) is 0 Å². The number of thioether (sulfide) groups is 1. The number of alkyl halides is 3. The third kappa shape index (κ3) is 5.75. The maximum Gasteiger partial charge on any atom is 0.402 e. The molecule has 0 saturated heterocycles. The first-order chi connectivity index (χ1) is 6.39. The fourth-order valence-corrected chi connectivity index (χ4v) is 2.22. The summed E-state index contributed by atoms with van der Waals surface area (Å²) in [5, 5.41) is -1.42. The Hall–Kier alpha value is 0.100. The van der Waals surface area contributed by atoms with Crippen LogP contribution in [0.1, 0.15) is 33.1 Å². The van der Waals surface area contributed by atoms with E-state index in [-0.39, 0.29) is 0 Å². The Morgan fingerprint density at radius 3 is 2.21 bits per heavy atom. The van der Waals surface area contributed by atoms with E-state index in [0.29, 0.717) is 5.75 Å². The van der Waals surface area contributed by atoms with Gasteiger partial charge < -0.3 is 5.73 Å². The van der Waals surface area contributed by atoms with E-state index in [1.165, 1.54) is 6.92 Å². The Balaban J connectivity index is 3.87. The van der Waals surface area contributed by atoms with E-state index in [9.17, 15) is 13.2 Å². The van der Waals surface area contributed by atoms with Crippen molar-refractivity contribution in [2.75, 3.05) is 5.75 Å². The molecule has 0 heterocycles. The number of unbranched alkanes of at least 4 members (excludes halogenated alkanes) is 2. The Labute approximate surface area is 87.6 Å². The monoisotopic (exact) mass is 229 g/mol. The van der Waals surface area contributed by atoms with E-state index in [0.717, 1.165) is 31.0 Å². The van der Waals surface area contributed by atoms with Crippen LogP contribution in [0.25, 0.3) is 0 Å². The van der Waals surface area contributed by atoms with Crippen LogP contribution in [0.2, 0.25) is 0 Å². The molecule has 0 aromatic rings. The molecular weight excluding hydrogens is 211 g/mol. The Bertz CT molecular complexity index is 147. The van der Waals surface area contributed by atoms with Crippen molar-refractivity contribution in [3.8, 4) is 0 Å². The fourth-order valence-electron chi connectivity index (χ4n) is 1.11. The highest BCUT2D eigenvalue weighted by atomic mass is 32.2. The summed E-state index contributed by atoms with van der Waals surface area (Å²) in [4.78, 5) is 0. The third-order valence-electron chi connectivity index (χ3n) is 1.85. The summed E-state index contributed by atoms with van der Waals surface area (Å²) in [7, 11) is 0. The van der Waals surface area contributed by atoms with Crippen molar-refractivity contribution in [1.29, 1.82) is 0 Å². The normalized spacial score (nSPS) is 16.7. The van der Waals surface area contributed by atoms with Gasteiger partial charge in [-0.3, -0.25) is 0 Å². The van der Waals surface area contributed by atoms with E-state index in [1.54, 1.807) is 0 Å². The van der Waals surface area contributed by atoms with E-state index in [4.69, 9.17) is 5.73 Å². The smallest absolute Gasteiger partial charge is 0.327 e. The second kappa shape index (κ2) is 6.56. The lowest BCUT2D eigenvalue weighted by molar-refractivity contribution is -0.131. The van der Waals surface area contributed by atoms with Crippen molar-refractivity contribution in [3.05, 3.63) is 0 Å². The van der Waals surface area contributed by atoms with E-state index >= 15 is 0 Å². The molecule has 1 nitrogen and oxygen atoms in total. The number of rotatable bonds is 6. The zero-order valence-corrected chi connectivity index (χ0v) is 9.42. The van der Waals surface area contributed by atoms with Crippen LogP contribution in [0.15, 0.2) is 0 Å². The quantitative estimate of drug-likeness (QED) is 0.708. The van der Waals surface area contributed by atoms with Gasteiger partial charge >= 0.3 is 6.18 Å². The van der Waals surface area contributed by atoms with Crippen molar-refractivity contribution in [3.63, 3.8) is 0 Å². The Morgan fingerprint density at radius 2 is 1.86 bits per heavy atom. The summed E-state index contributed by atoms with van der Waals surface area (Å²) < 4.78 is 37.1. The summed E-state index contributed by atoms with van der Waals surface area (Å²) in [6, 6.07) is -0.832. The highest BCUT2D eigenvalue weighted by Crippen LogP contribution is 2.32. The maximum absolute atomic E-state index is 12.4. The molecule has 0 fully saturated rings. The lowest BCUT2D eigenvalue weighted by atomic mass is 10.2. The molecule has 5 heteroatoms. The molecule has 0 radical (unpaired) electrons. The molecule has 0 bridgehead atoms. The van der Waals surface area contributed by atoms with Gasteiger partial charge in [0, 0.05) is 6.04 Å². The van der Waals surface area contributed by atoms with Crippen molar-refractivity contribution in [1.82, 2.24) is 0 Å². The largest absolute Gasteiger partial charge is 0.402 e. The molecule has 0 aliphatic heterocycles. The summed E-state index contributed by atoms with van der Waals surface area (Å²) in [5.74, 6) is 0.541. The van der Waals surface area contributed by atoms with Gasteiger partial charge in [-0.1, -0.05) is 19.8 Å². The minimum absolute atomic E-state index is 0.541. The SMILES string of the molecule is CCCCCSC(C(C)N)C(F)(F)F. The molecule has 0 aromatic heterocycles. The third-order valence-corrected chi connectivity index (χ3v) is 3.43. The second-order valence-corrected chi connectivity index (χ2v) is 4.65. The van der Waals surface area contributed by atoms with Gasteiger partial charge in [0.15, 0.2) is 0 Å². The lowest BCUT2D eigenvalue weighted by Crippen LogP contribution is -2.40. The zero-order valence-electron chi connectivity index (χ0n) is 8.60. The van der Waals surface area contributed by atoms with Crippen LogP contribution < -0.4 is 5.73 Å². The molecular formula is C9H18F3NS. The molecule has 86 valence electrons. The molecule has 2 unspecified atom stereocenters. The minimum atomic E-state index is -4.18. The number of nitrogens with two attached hydrogens (primary N) is 1. The highest BCUT2D eigenvalue weighted by Gasteiger charge is 2.41. The van der Waals surface area contributed by atoms with Crippen molar-refractivity contribution in [2.24, 2.45) is 5.73 Å². The first kappa shape index (κ1) is 14.1. The van der Waals surface area contributed by atoms with Crippen LogP contribution >= 0.6 is 11.8 Å². The number of hydrogen-bond donors (Lipinski definition) is 1. The minimum Gasteiger partial charge on any atom is -0.327 e. The van der Waals surface area contributed by atoms with Crippen molar-refractivity contribution in [2.45, 2.75) is 50.6 Å². The van der Waals surface area contributed by atoms with Gasteiger partial charge in [0.25, 0.3) is 0 Å². The Morgan fingerprint density at radius 1 is 1.29 bits per heavy atom. The van der Waals surface area contributed by atoms with Crippen LogP contribution in [-0.2, 0) is 0 Å². The summed E-state index contributed by atoms with van der Waals surface area (Å²) >= 11 is 0.927. The van der Waals surface area contributed by atoms with Gasteiger partial charge in [-0.25, -0.2) is 0 Å². The fraction of sp³-hybridized carbons (Fsp3) is 1.00. The molecule has 0 amide bonds. The van der Waals surface area contributed by atoms with Crippen LogP contribution in [0, 0.1) is 0 Å². The maximum atomic E-state index is 12.4. The molecule has 0 aromatic carbocycles. The standard InChI is InChI=1S/C9H18F3NS/c1-3-4-5-6-14-8(7(2)13)9(10,11)12/h7-8H,3-6,13H2,1-2H3. The molecule has 2 atom stereocenters. The van der Waals surface area contributed by atoms with Crippen molar-refractivity contribution >= 4 is 11.8 Å². The van der Waals surface area contributed by atoms with Crippen molar-refractivity contribution < 1.29 is 13.2 Å². The number of halogens is 3. The van der Waals surface area contributed by atoms with Gasteiger partial charge in [0.05, 0.1) is 0 Å². The van der Waals surface area contributed by atoms with Gasteiger partial charge in [0.2, 0.25) is 0 Å². The predicted molar refractivity (Wildman–Crippen MR) is 55.5 cm³/mol. The number of hydrogen-bond acceptors (Lipinski definition) is 2. The molecule has 0 aliphatic rings. The molecule has 2 N–H and O–H groups in total. The lowest BCUT2D eigenvalue weighted by Gasteiger charge is -2.22. The average molecular weight is 229 g/mol. The van der Waals surface area contributed by atoms with Gasteiger partial charge in [-0.15, -0.1) is 11.8 Å². The summed E-state index contributed by atoms with van der Waals surface area (Å²) in [5.41, 5.74) is 5.30. The summed E-state index contributed by atoms with van der Waals surface area (Å²) in [6.45, 7) is 3.43. The molecule has 0 saturated carbocycles. The Kier molecular flexibility index (Phi) is 6.61. The first-order valence-corrected chi connectivity index (χ1v) is 5.88. The second-order valence-electron chi connectivity index (χ2n) is 3.40. The van der Waals surface area contributed by atoms with E-state index in [2.05, 4.69) is 0 Å². The highest BCUT2D eigenvalue weighted by molar-refractivity contribution is 8.00. The molecule has 0 rings (SSSR count). The van der Waals surface area contributed by atoms with Gasteiger partial charge in [-0.2, -0.15) is 13.2 Å². The predicted octanol–water partition coefficient (Wildman–Crippen LogP) is 3.19. The first-order valence-electron chi connectivity index (χ1n) is 4.83. The zero-order chi connectivity index (χ0) is 11.2.